The fourth-order valence-corrected chi connectivity index (χ4v) is 1.65. The van der Waals surface area contributed by atoms with E-state index < -0.39 is 5.97 Å². The number of benzene rings is 1. The summed E-state index contributed by atoms with van der Waals surface area (Å²) in [6, 6.07) is 7.89. The first-order valence-electron chi connectivity index (χ1n) is 4.94. The van der Waals surface area contributed by atoms with Crippen LogP contribution >= 0.6 is 0 Å². The molecule has 0 saturated heterocycles. The Bertz CT molecular complexity index is 470. The van der Waals surface area contributed by atoms with Gasteiger partial charge in [-0.25, -0.2) is 0 Å². The molecule has 0 aliphatic rings. The largest absolute Gasteiger partial charge is 0.481 e. The van der Waals surface area contributed by atoms with E-state index in [1.807, 2.05) is 24.3 Å². The first-order valence-corrected chi connectivity index (χ1v) is 4.94. The summed E-state index contributed by atoms with van der Waals surface area (Å²) in [5.41, 5.74) is 0. The van der Waals surface area contributed by atoms with Crippen LogP contribution in [0.3, 0.4) is 0 Å². The molecule has 0 bridgehead atoms. The maximum Gasteiger partial charge on any atom is 0.303 e. The lowest BCUT2D eigenvalue weighted by Crippen LogP contribution is -1.95. The van der Waals surface area contributed by atoms with Gasteiger partial charge in [-0.2, -0.15) is 0 Å². The van der Waals surface area contributed by atoms with Gasteiger partial charge in [0.2, 0.25) is 0 Å². The average Bonchev–Trinajstić information content (AvgIpc) is 2.62. The van der Waals surface area contributed by atoms with E-state index in [1.54, 1.807) is 6.26 Å². The molecule has 0 fully saturated rings. The van der Waals surface area contributed by atoms with E-state index in [-0.39, 0.29) is 6.42 Å². The van der Waals surface area contributed by atoms with Gasteiger partial charge in [-0.3, -0.25) is 4.79 Å². The molecule has 0 unspecified atom stereocenters. The van der Waals surface area contributed by atoms with Crippen LogP contribution in [-0.4, -0.2) is 11.1 Å². The quantitative estimate of drug-likeness (QED) is 0.833. The number of rotatable bonds is 4. The molecule has 0 saturated carbocycles. The molecule has 0 aliphatic carbocycles. The zero-order valence-corrected chi connectivity index (χ0v) is 8.27. The molecule has 78 valence electrons. The van der Waals surface area contributed by atoms with Crippen LogP contribution < -0.4 is 0 Å². The zero-order chi connectivity index (χ0) is 10.7. The highest BCUT2D eigenvalue weighted by Gasteiger charge is 2.06. The Balaban J connectivity index is 2.11. The van der Waals surface area contributed by atoms with Crippen LogP contribution in [0.25, 0.3) is 10.8 Å². The van der Waals surface area contributed by atoms with Crippen LogP contribution in [0.1, 0.15) is 18.6 Å². The number of carboxylic acid groups (broad SMARTS) is 1. The first kappa shape index (κ1) is 9.77. The lowest BCUT2D eigenvalue weighted by molar-refractivity contribution is -0.137. The Kier molecular flexibility index (Phi) is 2.72. The van der Waals surface area contributed by atoms with Gasteiger partial charge in [-0.1, -0.05) is 24.3 Å². The summed E-state index contributed by atoms with van der Waals surface area (Å²) in [5.74, 6) is 0.123. The molecule has 1 aromatic heterocycles. The van der Waals surface area contributed by atoms with Crippen molar-refractivity contribution in [1.29, 1.82) is 0 Å². The van der Waals surface area contributed by atoms with Crippen molar-refractivity contribution in [1.82, 2.24) is 0 Å². The predicted molar refractivity (Wildman–Crippen MR) is 56.8 cm³/mol. The van der Waals surface area contributed by atoms with Gasteiger partial charge in [0.25, 0.3) is 0 Å². The molecule has 0 aliphatic heterocycles. The fraction of sp³-hybridized carbons (Fsp3) is 0.250. The Hall–Kier alpha value is -1.77. The average molecular weight is 204 g/mol. The number of furan rings is 1. The lowest BCUT2D eigenvalue weighted by Gasteiger charge is -1.95. The molecule has 0 spiro atoms. The standard InChI is InChI=1S/C12H12O3/c13-12(14)7-3-6-11-10-5-2-1-4-9(10)8-15-11/h1-2,4-5,8H,3,6-7H2,(H,13,14). The molecule has 1 aromatic carbocycles. The normalized spacial score (nSPS) is 10.7. The van der Waals surface area contributed by atoms with E-state index in [4.69, 9.17) is 9.52 Å². The molecule has 0 atom stereocenters. The summed E-state index contributed by atoms with van der Waals surface area (Å²) >= 11 is 0. The van der Waals surface area contributed by atoms with Gasteiger partial charge in [-0.15, -0.1) is 0 Å². The van der Waals surface area contributed by atoms with Gasteiger partial charge in [-0.05, 0) is 6.42 Å². The molecule has 15 heavy (non-hydrogen) atoms. The van der Waals surface area contributed by atoms with E-state index in [2.05, 4.69) is 0 Å². The minimum atomic E-state index is -0.758. The van der Waals surface area contributed by atoms with Crippen molar-refractivity contribution < 1.29 is 14.3 Å². The summed E-state index contributed by atoms with van der Waals surface area (Å²) in [6.45, 7) is 0. The Morgan fingerprint density at radius 3 is 2.93 bits per heavy atom. The van der Waals surface area contributed by atoms with Gasteiger partial charge in [0.1, 0.15) is 5.76 Å². The second-order valence-electron chi connectivity index (χ2n) is 3.49. The maximum absolute atomic E-state index is 10.4. The van der Waals surface area contributed by atoms with E-state index >= 15 is 0 Å². The maximum atomic E-state index is 10.4. The number of aliphatic carboxylic acids is 1. The SMILES string of the molecule is O=C(O)CCCc1occ2ccccc12. The van der Waals surface area contributed by atoms with Crippen molar-refractivity contribution in [2.45, 2.75) is 19.3 Å². The highest BCUT2D eigenvalue weighted by Crippen LogP contribution is 2.21. The molecule has 0 amide bonds. The van der Waals surface area contributed by atoms with Crippen molar-refractivity contribution in [3.63, 3.8) is 0 Å². The summed E-state index contributed by atoms with van der Waals surface area (Å²) in [5, 5.41) is 10.7. The molecular weight excluding hydrogens is 192 g/mol. The Labute approximate surface area is 87.3 Å². The number of carboxylic acids is 1. The van der Waals surface area contributed by atoms with Gasteiger partial charge in [0.05, 0.1) is 6.26 Å². The number of carbonyl (C=O) groups is 1. The van der Waals surface area contributed by atoms with Crippen LogP contribution in [-0.2, 0) is 11.2 Å². The number of hydrogen-bond acceptors (Lipinski definition) is 2. The second kappa shape index (κ2) is 4.17. The van der Waals surface area contributed by atoms with Gasteiger partial charge >= 0.3 is 5.97 Å². The summed E-state index contributed by atoms with van der Waals surface area (Å²) in [7, 11) is 0. The van der Waals surface area contributed by atoms with Gasteiger partial charge in [0.15, 0.2) is 0 Å². The Morgan fingerprint density at radius 1 is 1.33 bits per heavy atom. The lowest BCUT2D eigenvalue weighted by atomic mass is 10.1. The third-order valence-corrected chi connectivity index (χ3v) is 2.38. The molecule has 3 heteroatoms. The van der Waals surface area contributed by atoms with Crippen LogP contribution in [0.2, 0.25) is 0 Å². The topological polar surface area (TPSA) is 50.4 Å². The summed E-state index contributed by atoms with van der Waals surface area (Å²) < 4.78 is 5.40. The molecule has 0 radical (unpaired) electrons. The fourth-order valence-electron chi connectivity index (χ4n) is 1.65. The number of hydrogen-bond donors (Lipinski definition) is 1. The molecule has 3 nitrogen and oxygen atoms in total. The smallest absolute Gasteiger partial charge is 0.303 e. The van der Waals surface area contributed by atoms with E-state index in [9.17, 15) is 4.79 Å². The van der Waals surface area contributed by atoms with Crippen LogP contribution in [0.4, 0.5) is 0 Å². The number of fused-ring (bicyclic) bond motifs is 1. The minimum absolute atomic E-state index is 0.190. The molecule has 2 aromatic rings. The molecule has 1 N–H and O–H groups in total. The monoisotopic (exact) mass is 204 g/mol. The van der Waals surface area contributed by atoms with E-state index in [0.29, 0.717) is 12.8 Å². The summed E-state index contributed by atoms with van der Waals surface area (Å²) in [6.07, 6.45) is 3.20. The minimum Gasteiger partial charge on any atom is -0.481 e. The van der Waals surface area contributed by atoms with Crippen molar-refractivity contribution in [3.8, 4) is 0 Å². The summed E-state index contributed by atoms with van der Waals surface area (Å²) in [4.78, 5) is 10.4. The van der Waals surface area contributed by atoms with Crippen molar-refractivity contribution in [2.24, 2.45) is 0 Å². The predicted octanol–water partition coefficient (Wildman–Crippen LogP) is 2.84. The second-order valence-corrected chi connectivity index (χ2v) is 3.49. The third kappa shape index (κ3) is 2.18. The van der Waals surface area contributed by atoms with Crippen molar-refractivity contribution in [2.75, 3.05) is 0 Å². The van der Waals surface area contributed by atoms with Crippen LogP contribution in [0.15, 0.2) is 34.9 Å². The van der Waals surface area contributed by atoms with Gasteiger partial charge < -0.3 is 9.52 Å². The van der Waals surface area contributed by atoms with Crippen molar-refractivity contribution >= 4 is 16.7 Å². The molecular formula is C12H12O3. The van der Waals surface area contributed by atoms with E-state index in [0.717, 1.165) is 16.5 Å². The first-order chi connectivity index (χ1) is 7.27. The molecule has 1 heterocycles. The Morgan fingerprint density at radius 2 is 2.13 bits per heavy atom. The molecule has 2 rings (SSSR count). The van der Waals surface area contributed by atoms with Gasteiger partial charge in [0, 0.05) is 23.6 Å². The third-order valence-electron chi connectivity index (χ3n) is 2.38. The van der Waals surface area contributed by atoms with Crippen LogP contribution in [0.5, 0.6) is 0 Å². The highest BCUT2D eigenvalue weighted by molar-refractivity contribution is 5.83. The van der Waals surface area contributed by atoms with Crippen molar-refractivity contribution in [3.05, 3.63) is 36.3 Å². The number of aryl methyl sites for hydroxylation is 1. The zero-order valence-electron chi connectivity index (χ0n) is 8.27. The van der Waals surface area contributed by atoms with Crippen LogP contribution in [0, 0.1) is 0 Å². The highest BCUT2D eigenvalue weighted by atomic mass is 16.4. The van der Waals surface area contributed by atoms with E-state index in [1.165, 1.54) is 0 Å².